The van der Waals surface area contributed by atoms with E-state index < -0.39 is 0 Å². The van der Waals surface area contributed by atoms with Crippen molar-refractivity contribution in [3.63, 3.8) is 0 Å². The largest absolute Gasteiger partial charge is 0.376 e. The lowest BCUT2D eigenvalue weighted by Crippen LogP contribution is -2.54. The van der Waals surface area contributed by atoms with E-state index >= 15 is 0 Å². The van der Waals surface area contributed by atoms with Crippen molar-refractivity contribution >= 4 is 11.7 Å². The van der Waals surface area contributed by atoms with E-state index in [1.807, 2.05) is 42.2 Å². The van der Waals surface area contributed by atoms with Gasteiger partial charge in [0.2, 0.25) is 5.91 Å². The van der Waals surface area contributed by atoms with Gasteiger partial charge >= 0.3 is 0 Å². The molecular formula is C22H24N4O2. The van der Waals surface area contributed by atoms with Crippen molar-refractivity contribution in [2.24, 2.45) is 0 Å². The van der Waals surface area contributed by atoms with Crippen LogP contribution in [0, 0.1) is 11.3 Å². The molecule has 1 atom stereocenters. The van der Waals surface area contributed by atoms with Crippen LogP contribution in [0.4, 0.5) is 5.82 Å². The third-order valence-electron chi connectivity index (χ3n) is 5.63. The van der Waals surface area contributed by atoms with E-state index in [-0.39, 0.29) is 11.9 Å². The minimum atomic E-state index is 0.0825. The highest BCUT2D eigenvalue weighted by Gasteiger charge is 2.30. The molecule has 1 saturated heterocycles. The van der Waals surface area contributed by atoms with E-state index in [4.69, 9.17) is 9.72 Å². The van der Waals surface area contributed by atoms with E-state index in [0.717, 1.165) is 34.6 Å². The van der Waals surface area contributed by atoms with Crippen LogP contribution in [-0.4, -0.2) is 48.1 Å². The Labute approximate surface area is 165 Å². The highest BCUT2D eigenvalue weighted by Crippen LogP contribution is 2.35. The second kappa shape index (κ2) is 7.61. The quantitative estimate of drug-likeness (QED) is 0.806. The Morgan fingerprint density at radius 3 is 2.71 bits per heavy atom. The molecular weight excluding hydrogens is 352 g/mol. The molecule has 2 aromatic rings. The normalized spacial score (nSPS) is 19.1. The Morgan fingerprint density at radius 1 is 1.25 bits per heavy atom. The van der Waals surface area contributed by atoms with Crippen LogP contribution in [0.1, 0.15) is 30.5 Å². The van der Waals surface area contributed by atoms with Crippen molar-refractivity contribution < 1.29 is 9.53 Å². The predicted molar refractivity (Wildman–Crippen MR) is 107 cm³/mol. The zero-order valence-corrected chi connectivity index (χ0v) is 16.3. The average Bonchev–Trinajstić information content (AvgIpc) is 2.72. The van der Waals surface area contributed by atoms with Crippen LogP contribution in [0.2, 0.25) is 0 Å². The number of pyridine rings is 1. The maximum atomic E-state index is 11.8. The molecule has 0 aliphatic carbocycles. The Hall–Kier alpha value is -2.91. The molecule has 0 N–H and O–H groups in total. The average molecular weight is 376 g/mol. The fourth-order valence-corrected chi connectivity index (χ4v) is 4.24. The number of nitrogens with zero attached hydrogens (tertiary/aromatic N) is 4. The standard InChI is InChI=1S/C22H24N4O2/c1-15-13-25(9-10-26(15)16(2)27)22-19(12-23)18-8-11-28-14-20(18)21(24-22)17-6-4-3-5-7-17/h3-7,15H,8-11,13-14H2,1-2H3. The lowest BCUT2D eigenvalue weighted by Gasteiger charge is -2.40. The molecule has 3 heterocycles. The van der Waals surface area contributed by atoms with Crippen LogP contribution < -0.4 is 4.90 Å². The van der Waals surface area contributed by atoms with Gasteiger partial charge in [0.05, 0.1) is 24.5 Å². The Bertz CT molecular complexity index is 936. The van der Waals surface area contributed by atoms with Gasteiger partial charge in [0.25, 0.3) is 0 Å². The summed E-state index contributed by atoms with van der Waals surface area (Å²) in [4.78, 5) is 20.8. The lowest BCUT2D eigenvalue weighted by atomic mass is 9.93. The summed E-state index contributed by atoms with van der Waals surface area (Å²) < 4.78 is 5.69. The van der Waals surface area contributed by atoms with Gasteiger partial charge in [-0.25, -0.2) is 4.98 Å². The second-order valence-corrected chi connectivity index (χ2v) is 7.40. The van der Waals surface area contributed by atoms with E-state index in [2.05, 4.69) is 11.0 Å². The number of aromatic nitrogens is 1. The molecule has 6 heteroatoms. The van der Waals surface area contributed by atoms with Gasteiger partial charge in [0, 0.05) is 43.7 Å². The van der Waals surface area contributed by atoms with Crippen molar-refractivity contribution in [2.75, 3.05) is 31.1 Å². The van der Waals surface area contributed by atoms with Gasteiger partial charge in [-0.05, 0) is 18.9 Å². The Balaban J connectivity index is 1.81. The Morgan fingerprint density at radius 2 is 2.04 bits per heavy atom. The van der Waals surface area contributed by atoms with Crippen LogP contribution >= 0.6 is 0 Å². The summed E-state index contributed by atoms with van der Waals surface area (Å²) in [7, 11) is 0. The van der Waals surface area contributed by atoms with Gasteiger partial charge in [-0.1, -0.05) is 30.3 Å². The number of carbonyl (C=O) groups is 1. The fourth-order valence-electron chi connectivity index (χ4n) is 4.24. The van der Waals surface area contributed by atoms with Crippen molar-refractivity contribution in [2.45, 2.75) is 32.9 Å². The third kappa shape index (κ3) is 3.23. The highest BCUT2D eigenvalue weighted by atomic mass is 16.5. The maximum absolute atomic E-state index is 11.8. The number of anilines is 1. The zero-order chi connectivity index (χ0) is 19.7. The predicted octanol–water partition coefficient (Wildman–Crippen LogP) is 2.75. The minimum absolute atomic E-state index is 0.0825. The number of amides is 1. The summed E-state index contributed by atoms with van der Waals surface area (Å²) in [6.45, 7) is 6.75. The number of hydrogen-bond acceptors (Lipinski definition) is 5. The summed E-state index contributed by atoms with van der Waals surface area (Å²) in [6, 6.07) is 12.6. The number of fused-ring (bicyclic) bond motifs is 1. The molecule has 28 heavy (non-hydrogen) atoms. The molecule has 1 aromatic heterocycles. The first kappa shape index (κ1) is 18.5. The monoisotopic (exact) mass is 376 g/mol. The molecule has 1 aromatic carbocycles. The number of ether oxygens (including phenoxy) is 1. The topological polar surface area (TPSA) is 69.5 Å². The second-order valence-electron chi connectivity index (χ2n) is 7.40. The van der Waals surface area contributed by atoms with Crippen molar-refractivity contribution in [1.82, 2.24) is 9.88 Å². The van der Waals surface area contributed by atoms with Crippen molar-refractivity contribution in [3.8, 4) is 17.3 Å². The van der Waals surface area contributed by atoms with Crippen molar-refractivity contribution in [1.29, 1.82) is 5.26 Å². The first-order chi connectivity index (χ1) is 13.6. The number of carbonyl (C=O) groups excluding carboxylic acids is 1. The lowest BCUT2D eigenvalue weighted by molar-refractivity contribution is -0.131. The molecule has 0 radical (unpaired) electrons. The van der Waals surface area contributed by atoms with Crippen LogP contribution in [-0.2, 0) is 22.6 Å². The van der Waals surface area contributed by atoms with E-state index in [0.29, 0.717) is 38.4 Å². The van der Waals surface area contributed by atoms with E-state index in [9.17, 15) is 10.1 Å². The summed E-state index contributed by atoms with van der Waals surface area (Å²) in [5.41, 5.74) is 4.66. The van der Waals surface area contributed by atoms with Crippen LogP contribution in [0.25, 0.3) is 11.3 Å². The van der Waals surface area contributed by atoms with Gasteiger partial charge in [-0.3, -0.25) is 4.79 Å². The molecule has 6 nitrogen and oxygen atoms in total. The van der Waals surface area contributed by atoms with Gasteiger partial charge in [-0.15, -0.1) is 0 Å². The van der Waals surface area contributed by atoms with Crippen LogP contribution in [0.15, 0.2) is 30.3 Å². The summed E-state index contributed by atoms with van der Waals surface area (Å²) in [6.07, 6.45) is 0.719. The maximum Gasteiger partial charge on any atom is 0.219 e. The van der Waals surface area contributed by atoms with Crippen molar-refractivity contribution in [3.05, 3.63) is 47.0 Å². The molecule has 2 aliphatic heterocycles. The fraction of sp³-hybridized carbons (Fsp3) is 0.409. The first-order valence-corrected chi connectivity index (χ1v) is 9.71. The SMILES string of the molecule is CC(=O)N1CCN(c2nc(-c3ccccc3)c3c(c2C#N)CCOC3)CC1C. The first-order valence-electron chi connectivity index (χ1n) is 9.71. The number of benzene rings is 1. The van der Waals surface area contributed by atoms with Gasteiger partial charge in [0.1, 0.15) is 11.9 Å². The number of hydrogen-bond donors (Lipinski definition) is 0. The molecule has 1 unspecified atom stereocenters. The van der Waals surface area contributed by atoms with E-state index in [1.54, 1.807) is 6.92 Å². The Kier molecular flexibility index (Phi) is 5.01. The molecule has 0 bridgehead atoms. The zero-order valence-electron chi connectivity index (χ0n) is 16.3. The van der Waals surface area contributed by atoms with Crippen LogP contribution in [0.5, 0.6) is 0 Å². The summed E-state index contributed by atoms with van der Waals surface area (Å²) >= 11 is 0. The van der Waals surface area contributed by atoms with Gasteiger partial charge in [0.15, 0.2) is 0 Å². The van der Waals surface area contributed by atoms with Gasteiger partial charge in [-0.2, -0.15) is 5.26 Å². The molecule has 0 spiro atoms. The summed E-state index contributed by atoms with van der Waals surface area (Å²) in [5, 5.41) is 9.95. The van der Waals surface area contributed by atoms with Crippen LogP contribution in [0.3, 0.4) is 0 Å². The number of nitriles is 1. The van der Waals surface area contributed by atoms with Gasteiger partial charge < -0.3 is 14.5 Å². The summed E-state index contributed by atoms with van der Waals surface area (Å²) in [5.74, 6) is 0.824. The molecule has 2 aliphatic rings. The number of rotatable bonds is 2. The third-order valence-corrected chi connectivity index (χ3v) is 5.63. The molecule has 1 amide bonds. The molecule has 0 saturated carbocycles. The number of piperazine rings is 1. The smallest absolute Gasteiger partial charge is 0.219 e. The minimum Gasteiger partial charge on any atom is -0.376 e. The molecule has 4 rings (SSSR count). The molecule has 144 valence electrons. The van der Waals surface area contributed by atoms with E-state index in [1.165, 1.54) is 0 Å². The molecule has 1 fully saturated rings. The highest BCUT2D eigenvalue weighted by molar-refractivity contribution is 5.75.